The molecule has 108 valence electrons. The van der Waals surface area contributed by atoms with E-state index in [1.54, 1.807) is 0 Å². The summed E-state index contributed by atoms with van der Waals surface area (Å²) in [7, 11) is 0. The summed E-state index contributed by atoms with van der Waals surface area (Å²) in [4.78, 5) is 8.97. The fourth-order valence-electron chi connectivity index (χ4n) is 3.06. The Morgan fingerprint density at radius 3 is 2.81 bits per heavy atom. The van der Waals surface area contributed by atoms with E-state index in [4.69, 9.17) is 11.6 Å². The lowest BCUT2D eigenvalue weighted by Crippen LogP contribution is -2.07. The van der Waals surface area contributed by atoms with Crippen molar-refractivity contribution in [2.24, 2.45) is 0 Å². The van der Waals surface area contributed by atoms with Crippen LogP contribution < -0.4 is 5.32 Å². The zero-order valence-electron chi connectivity index (χ0n) is 11.9. The SMILES string of the molecule is Clc1cc(Nc2cccc3c2CCCC3)nc(C2CC2)n1. The lowest BCUT2D eigenvalue weighted by molar-refractivity contribution is 0.687. The van der Waals surface area contributed by atoms with Crippen LogP contribution in [0.2, 0.25) is 5.15 Å². The molecule has 1 aromatic heterocycles. The number of nitrogens with zero attached hydrogens (tertiary/aromatic N) is 2. The highest BCUT2D eigenvalue weighted by molar-refractivity contribution is 6.29. The van der Waals surface area contributed by atoms with Gasteiger partial charge in [0.05, 0.1) is 0 Å². The molecule has 1 N–H and O–H groups in total. The molecular formula is C17H18ClN3. The highest BCUT2D eigenvalue weighted by Crippen LogP contribution is 2.39. The second-order valence-electron chi connectivity index (χ2n) is 5.98. The van der Waals surface area contributed by atoms with Crippen LogP contribution >= 0.6 is 11.6 Å². The van der Waals surface area contributed by atoms with Crippen molar-refractivity contribution in [3.05, 3.63) is 46.4 Å². The summed E-state index contributed by atoms with van der Waals surface area (Å²) in [5.41, 5.74) is 4.07. The summed E-state index contributed by atoms with van der Waals surface area (Å²) in [6.45, 7) is 0. The molecule has 4 rings (SSSR count). The van der Waals surface area contributed by atoms with Crippen LogP contribution in [0.1, 0.15) is 48.6 Å². The topological polar surface area (TPSA) is 37.8 Å². The van der Waals surface area contributed by atoms with Gasteiger partial charge in [0.2, 0.25) is 0 Å². The Bertz CT molecular complexity index is 680. The Kier molecular flexibility index (Phi) is 3.30. The number of hydrogen-bond acceptors (Lipinski definition) is 3. The first-order valence-corrected chi connectivity index (χ1v) is 8.10. The Morgan fingerprint density at radius 1 is 1.10 bits per heavy atom. The lowest BCUT2D eigenvalue weighted by atomic mass is 9.90. The molecule has 2 aliphatic rings. The van der Waals surface area contributed by atoms with E-state index in [1.807, 2.05) is 6.07 Å². The molecule has 0 saturated heterocycles. The van der Waals surface area contributed by atoms with E-state index in [-0.39, 0.29) is 0 Å². The molecule has 0 aliphatic heterocycles. The van der Waals surface area contributed by atoms with Crippen molar-refractivity contribution in [1.82, 2.24) is 9.97 Å². The van der Waals surface area contributed by atoms with Crippen molar-refractivity contribution in [2.45, 2.75) is 44.4 Å². The molecule has 3 nitrogen and oxygen atoms in total. The van der Waals surface area contributed by atoms with Crippen LogP contribution in [-0.2, 0) is 12.8 Å². The number of nitrogens with one attached hydrogen (secondary N) is 1. The highest BCUT2D eigenvalue weighted by Gasteiger charge is 2.27. The molecule has 0 unspecified atom stereocenters. The third-order valence-electron chi connectivity index (χ3n) is 4.31. The molecule has 4 heteroatoms. The minimum atomic E-state index is 0.508. The Balaban J connectivity index is 1.67. The van der Waals surface area contributed by atoms with Gasteiger partial charge in [0.1, 0.15) is 16.8 Å². The molecule has 0 amide bonds. The predicted molar refractivity (Wildman–Crippen MR) is 85.4 cm³/mol. The van der Waals surface area contributed by atoms with Crippen LogP contribution in [0, 0.1) is 0 Å². The maximum atomic E-state index is 6.14. The fraction of sp³-hybridized carbons (Fsp3) is 0.412. The van der Waals surface area contributed by atoms with E-state index in [1.165, 1.54) is 48.9 Å². The van der Waals surface area contributed by atoms with Crippen LogP contribution in [0.3, 0.4) is 0 Å². The van der Waals surface area contributed by atoms with Crippen molar-refractivity contribution >= 4 is 23.1 Å². The summed E-state index contributed by atoms with van der Waals surface area (Å²) >= 11 is 6.14. The second-order valence-corrected chi connectivity index (χ2v) is 6.37. The van der Waals surface area contributed by atoms with E-state index in [0.29, 0.717) is 11.1 Å². The Hall–Kier alpha value is -1.61. The number of rotatable bonds is 3. The maximum absolute atomic E-state index is 6.14. The van der Waals surface area contributed by atoms with Gasteiger partial charge < -0.3 is 5.32 Å². The molecule has 1 fully saturated rings. The van der Waals surface area contributed by atoms with Gasteiger partial charge in [0, 0.05) is 17.7 Å². The standard InChI is InChI=1S/C17H18ClN3/c18-15-10-16(21-17(20-15)12-8-9-12)19-14-7-3-5-11-4-1-2-6-13(11)14/h3,5,7,10,12H,1-2,4,6,8-9H2,(H,19,20,21). The molecule has 21 heavy (non-hydrogen) atoms. The number of benzene rings is 1. The molecule has 1 heterocycles. The molecule has 2 aromatic rings. The summed E-state index contributed by atoms with van der Waals surface area (Å²) < 4.78 is 0. The zero-order chi connectivity index (χ0) is 14.2. The summed E-state index contributed by atoms with van der Waals surface area (Å²) in [6, 6.07) is 8.31. The van der Waals surface area contributed by atoms with Crippen molar-refractivity contribution in [3.8, 4) is 0 Å². The van der Waals surface area contributed by atoms with Gasteiger partial charge in [-0.25, -0.2) is 9.97 Å². The molecule has 0 bridgehead atoms. The van der Waals surface area contributed by atoms with Crippen molar-refractivity contribution in [2.75, 3.05) is 5.32 Å². The number of hydrogen-bond donors (Lipinski definition) is 1. The number of aryl methyl sites for hydroxylation is 1. The van der Waals surface area contributed by atoms with Gasteiger partial charge in [0.25, 0.3) is 0 Å². The highest BCUT2D eigenvalue weighted by atomic mass is 35.5. The van der Waals surface area contributed by atoms with Crippen LogP contribution in [0.4, 0.5) is 11.5 Å². The van der Waals surface area contributed by atoms with Gasteiger partial charge in [-0.1, -0.05) is 23.7 Å². The monoisotopic (exact) mass is 299 g/mol. The van der Waals surface area contributed by atoms with Crippen molar-refractivity contribution < 1.29 is 0 Å². The largest absolute Gasteiger partial charge is 0.340 e. The first kappa shape index (κ1) is 13.1. The average Bonchev–Trinajstić information content (AvgIpc) is 3.32. The average molecular weight is 300 g/mol. The lowest BCUT2D eigenvalue weighted by Gasteiger charge is -2.20. The third kappa shape index (κ3) is 2.75. The predicted octanol–water partition coefficient (Wildman–Crippen LogP) is 4.63. The smallest absolute Gasteiger partial charge is 0.135 e. The number of fused-ring (bicyclic) bond motifs is 1. The number of halogens is 1. The van der Waals surface area contributed by atoms with Gasteiger partial charge in [-0.3, -0.25) is 0 Å². The molecule has 1 aromatic carbocycles. The van der Waals surface area contributed by atoms with Gasteiger partial charge in [-0.2, -0.15) is 0 Å². The van der Waals surface area contributed by atoms with Crippen LogP contribution in [0.5, 0.6) is 0 Å². The summed E-state index contributed by atoms with van der Waals surface area (Å²) in [6.07, 6.45) is 7.25. The quantitative estimate of drug-likeness (QED) is 0.840. The minimum absolute atomic E-state index is 0.508. The van der Waals surface area contributed by atoms with E-state index < -0.39 is 0 Å². The van der Waals surface area contributed by atoms with Gasteiger partial charge in [0.15, 0.2) is 0 Å². The van der Waals surface area contributed by atoms with Crippen LogP contribution in [0.15, 0.2) is 24.3 Å². The second kappa shape index (κ2) is 5.30. The van der Waals surface area contributed by atoms with E-state index >= 15 is 0 Å². The summed E-state index contributed by atoms with van der Waals surface area (Å²) in [5, 5.41) is 3.99. The first-order chi connectivity index (χ1) is 10.3. The Labute approximate surface area is 129 Å². The number of anilines is 2. The van der Waals surface area contributed by atoms with Crippen molar-refractivity contribution in [1.29, 1.82) is 0 Å². The van der Waals surface area contributed by atoms with E-state index in [0.717, 1.165) is 18.1 Å². The third-order valence-corrected chi connectivity index (χ3v) is 4.51. The molecular weight excluding hydrogens is 282 g/mol. The number of aromatic nitrogens is 2. The van der Waals surface area contributed by atoms with Crippen LogP contribution in [0.25, 0.3) is 0 Å². The van der Waals surface area contributed by atoms with Gasteiger partial charge >= 0.3 is 0 Å². The Morgan fingerprint density at radius 2 is 1.95 bits per heavy atom. The fourth-order valence-corrected chi connectivity index (χ4v) is 3.25. The minimum Gasteiger partial charge on any atom is -0.340 e. The molecule has 0 radical (unpaired) electrons. The van der Waals surface area contributed by atoms with Gasteiger partial charge in [-0.15, -0.1) is 0 Å². The van der Waals surface area contributed by atoms with E-state index in [9.17, 15) is 0 Å². The molecule has 0 atom stereocenters. The first-order valence-electron chi connectivity index (χ1n) is 7.72. The maximum Gasteiger partial charge on any atom is 0.135 e. The van der Waals surface area contributed by atoms with Crippen LogP contribution in [-0.4, -0.2) is 9.97 Å². The normalized spacial score (nSPS) is 17.4. The van der Waals surface area contributed by atoms with Crippen molar-refractivity contribution in [3.63, 3.8) is 0 Å². The van der Waals surface area contributed by atoms with Gasteiger partial charge in [-0.05, 0) is 55.7 Å². The molecule has 2 aliphatic carbocycles. The van der Waals surface area contributed by atoms with E-state index in [2.05, 4.69) is 33.5 Å². The zero-order valence-corrected chi connectivity index (χ0v) is 12.7. The molecule has 1 saturated carbocycles. The summed E-state index contributed by atoms with van der Waals surface area (Å²) in [5.74, 6) is 2.21. The molecule has 0 spiro atoms.